The molecule has 0 bridgehead atoms. The smallest absolute Gasteiger partial charge is 0.325 e. The van der Waals surface area contributed by atoms with Crippen LogP contribution >= 0.6 is 11.6 Å². The van der Waals surface area contributed by atoms with E-state index < -0.39 is 144 Å². The molecule has 0 unspecified atom stereocenters. The Hall–Kier alpha value is -11.3. The monoisotopic (exact) mass is 1590 g/mol. The summed E-state index contributed by atoms with van der Waals surface area (Å²) in [5.41, 5.74) is 2.26. The average molecular weight is 1590 g/mol. The number of carboxylic acids is 1. The number of likely N-dealkylation sites (tertiary alicyclic amines) is 1. The molecule has 7 rings (SSSR count). The Kier molecular flexibility index (Phi) is 36.8. The van der Waals surface area contributed by atoms with Crippen LogP contribution in [0.1, 0.15) is 156 Å². The van der Waals surface area contributed by atoms with Gasteiger partial charge in [0.2, 0.25) is 59.1 Å². The number of aromatic nitrogens is 3. The molecule has 1 fully saturated rings. The third-order valence-electron chi connectivity index (χ3n) is 19.1. The fourth-order valence-electron chi connectivity index (χ4n) is 13.0. The van der Waals surface area contributed by atoms with E-state index in [4.69, 9.17) is 11.6 Å². The van der Waals surface area contributed by atoms with Crippen molar-refractivity contribution in [2.75, 3.05) is 32.8 Å². The summed E-state index contributed by atoms with van der Waals surface area (Å²) in [5.74, 6) is -10.4. The lowest BCUT2D eigenvalue weighted by Crippen LogP contribution is -2.61. The van der Waals surface area contributed by atoms with Gasteiger partial charge in [-0.05, 0) is 166 Å². The molecule has 114 heavy (non-hydrogen) atoms. The highest BCUT2D eigenvalue weighted by atomic mass is 35.5. The standard InChI is InChI=1S/C82H107ClN16O15/c1-50(2)41-65(75(106)94-64(26-11-12-37-87-51(3)4)81(112)99-40-18-27-70(99)80(111)90-52(5)82(113)114)95-74(105)63(25-10-14-39-89-72(103)60-23-17-36-86-48-60)92-73(104)62(24-9-13-38-88-71(102)59-22-16-35-85-47-59)93-79(110)69(49-100)98-78(109)68(45-56-19-15-34-84-46-56)97-77(108)67(43-54-29-32-61(83)33-30-54)96-76(107)66(91-53(6)101)44-55-28-31-57-20-7-8-21-58(57)42-55/h7-8,15-17,19-23,28-36,42,46-48,50-52,62-70,87,100H,9-14,18,24-27,37-41,43-45,49H2,1-6H3,(H,88,102)(H,89,103)(H,90,111)(H,91,101)(H,92,104)(H,93,110)(H,94,106)(H,95,105)(H,96,107)(H,97,108)(H,98,109)(H,113,114)/t52-,62+,63-,64+,65+,66-,67-,68-,69+,70+/m1/s1. The summed E-state index contributed by atoms with van der Waals surface area (Å²) in [4.78, 5) is 197. The van der Waals surface area contributed by atoms with Gasteiger partial charge in [0, 0.05) is 94.1 Å². The Morgan fingerprint density at radius 1 is 0.474 bits per heavy atom. The van der Waals surface area contributed by atoms with Crippen LogP contribution in [0.2, 0.25) is 5.02 Å². The van der Waals surface area contributed by atoms with E-state index in [0.717, 1.165) is 10.8 Å². The average Bonchev–Trinajstić information content (AvgIpc) is 1.51. The minimum absolute atomic E-state index is 0.0188. The first-order valence-electron chi connectivity index (χ1n) is 38.7. The van der Waals surface area contributed by atoms with Gasteiger partial charge in [0.25, 0.3) is 11.8 Å². The molecule has 612 valence electrons. The topological polar surface area (TPSA) is 449 Å². The zero-order chi connectivity index (χ0) is 82.6. The molecular formula is C82H107ClN16O15. The number of benzene rings is 3. The molecule has 32 heteroatoms. The van der Waals surface area contributed by atoms with Crippen molar-refractivity contribution in [3.05, 3.63) is 173 Å². The predicted molar refractivity (Wildman–Crippen MR) is 426 cm³/mol. The van der Waals surface area contributed by atoms with Crippen molar-refractivity contribution in [2.24, 2.45) is 5.92 Å². The lowest BCUT2D eigenvalue weighted by molar-refractivity contribution is -0.144. The summed E-state index contributed by atoms with van der Waals surface area (Å²) in [7, 11) is 0. The largest absolute Gasteiger partial charge is 0.480 e. The molecule has 1 saturated heterocycles. The number of amides is 12. The van der Waals surface area contributed by atoms with Gasteiger partial charge < -0.3 is 78.9 Å². The molecule has 0 saturated carbocycles. The molecule has 14 N–H and O–H groups in total. The highest BCUT2D eigenvalue weighted by molar-refractivity contribution is 6.30. The molecule has 10 atom stereocenters. The number of hydrogen-bond donors (Lipinski definition) is 14. The molecule has 31 nitrogen and oxygen atoms in total. The number of carboxylic acid groups (broad SMARTS) is 1. The molecule has 1 aliphatic rings. The van der Waals surface area contributed by atoms with Crippen molar-refractivity contribution >= 4 is 99.2 Å². The second-order valence-corrected chi connectivity index (χ2v) is 29.6. The summed E-state index contributed by atoms with van der Waals surface area (Å²) >= 11 is 6.27. The summed E-state index contributed by atoms with van der Waals surface area (Å²) in [6.07, 6.45) is 10.7. The number of halogens is 1. The molecule has 1 aliphatic heterocycles. The van der Waals surface area contributed by atoms with Crippen LogP contribution < -0.4 is 63.8 Å². The van der Waals surface area contributed by atoms with E-state index >= 15 is 9.59 Å². The number of nitrogens with zero attached hydrogens (tertiary/aromatic N) is 4. The molecule has 6 aromatic rings. The number of nitrogens with one attached hydrogen (secondary N) is 12. The Bertz CT molecular complexity index is 4210. The fraction of sp³-hybridized carbons (Fsp3) is 0.463. The Labute approximate surface area is 668 Å². The zero-order valence-electron chi connectivity index (χ0n) is 65.2. The number of carbonyl (C=O) groups excluding carboxylic acids is 12. The summed E-state index contributed by atoms with van der Waals surface area (Å²) in [5, 5.41) is 56.1. The minimum Gasteiger partial charge on any atom is -0.480 e. The number of aliphatic carboxylic acids is 1. The molecule has 3 aromatic heterocycles. The van der Waals surface area contributed by atoms with Gasteiger partial charge in [-0.25, -0.2) is 0 Å². The molecular weight excluding hydrogens is 1480 g/mol. The van der Waals surface area contributed by atoms with E-state index in [1.165, 1.54) is 55.9 Å². The van der Waals surface area contributed by atoms with Crippen molar-refractivity contribution in [1.29, 1.82) is 0 Å². The van der Waals surface area contributed by atoms with Crippen LogP contribution in [0, 0.1) is 5.92 Å². The fourth-order valence-corrected chi connectivity index (χ4v) is 13.1. The second kappa shape index (κ2) is 46.6. The number of fused-ring (bicyclic) bond motifs is 1. The summed E-state index contributed by atoms with van der Waals surface area (Å²) < 4.78 is 0. The first-order chi connectivity index (χ1) is 54.7. The molecule has 0 spiro atoms. The van der Waals surface area contributed by atoms with Crippen LogP contribution in [-0.2, 0) is 72.0 Å². The second-order valence-electron chi connectivity index (χ2n) is 29.1. The van der Waals surface area contributed by atoms with Crippen LogP contribution in [0.3, 0.4) is 0 Å². The van der Waals surface area contributed by atoms with Crippen molar-refractivity contribution in [3.8, 4) is 0 Å². The van der Waals surface area contributed by atoms with Gasteiger partial charge in [0.1, 0.15) is 60.4 Å². The van der Waals surface area contributed by atoms with Crippen molar-refractivity contribution in [1.82, 2.24) is 83.7 Å². The van der Waals surface area contributed by atoms with Crippen molar-refractivity contribution < 1.29 is 72.5 Å². The third-order valence-corrected chi connectivity index (χ3v) is 19.3. The van der Waals surface area contributed by atoms with Crippen molar-refractivity contribution in [2.45, 2.75) is 204 Å². The number of rotatable bonds is 46. The van der Waals surface area contributed by atoms with Gasteiger partial charge >= 0.3 is 5.97 Å². The zero-order valence-corrected chi connectivity index (χ0v) is 66.0. The Balaban J connectivity index is 1.15. The SMILES string of the molecule is CC(=O)N[C@H](Cc1ccc2ccccc2c1)C(=O)N[C@H](Cc1ccc(Cl)cc1)C(=O)N[C@H](Cc1cccnc1)C(=O)N[C@@H](CO)C(=O)N[C@@H](CCCCNC(=O)c1cccnc1)C(=O)N[C@H](CCCCNC(=O)c1cccnc1)C(=O)N[C@@H](CC(C)C)C(=O)N[C@@H](CCCCNC(C)C)C(=O)N1CCC[C@H]1C(=O)N[C@H](C)C(=O)O. The summed E-state index contributed by atoms with van der Waals surface area (Å²) in [6.45, 7) is 10.00. The number of unbranched alkanes of at least 4 members (excludes halogenated alkanes) is 3. The maximum atomic E-state index is 15.2. The normalized spacial score (nSPS) is 14.9. The lowest BCUT2D eigenvalue weighted by atomic mass is 9.99. The molecule has 12 amide bonds. The predicted octanol–water partition coefficient (Wildman–Crippen LogP) is 3.59. The number of aliphatic hydroxyl groups is 1. The van der Waals surface area contributed by atoms with E-state index in [1.54, 1.807) is 74.5 Å². The number of aliphatic hydroxyl groups excluding tert-OH is 1. The quantitative estimate of drug-likeness (QED) is 0.0243. The molecule has 0 radical (unpaired) electrons. The molecule has 0 aliphatic carbocycles. The lowest BCUT2D eigenvalue weighted by Gasteiger charge is -2.31. The summed E-state index contributed by atoms with van der Waals surface area (Å²) in [6, 6.07) is 15.6. The van der Waals surface area contributed by atoms with E-state index in [9.17, 15) is 63.0 Å². The van der Waals surface area contributed by atoms with Gasteiger partial charge in [0.15, 0.2) is 0 Å². The van der Waals surface area contributed by atoms with Crippen LogP contribution in [0.4, 0.5) is 0 Å². The van der Waals surface area contributed by atoms with E-state index in [1.807, 2.05) is 56.3 Å². The number of hydrogen-bond acceptors (Lipinski definition) is 18. The Morgan fingerprint density at radius 2 is 0.930 bits per heavy atom. The maximum Gasteiger partial charge on any atom is 0.325 e. The van der Waals surface area contributed by atoms with Gasteiger partial charge in [-0.3, -0.25) is 77.3 Å². The van der Waals surface area contributed by atoms with Crippen LogP contribution in [-0.4, -0.2) is 206 Å². The maximum absolute atomic E-state index is 15.2. The Morgan fingerprint density at radius 3 is 1.45 bits per heavy atom. The number of pyridine rings is 3. The van der Waals surface area contributed by atoms with Gasteiger partial charge in [-0.2, -0.15) is 0 Å². The third kappa shape index (κ3) is 30.0. The van der Waals surface area contributed by atoms with E-state index in [0.29, 0.717) is 53.1 Å². The van der Waals surface area contributed by atoms with Gasteiger partial charge in [-0.15, -0.1) is 0 Å². The highest BCUT2D eigenvalue weighted by Gasteiger charge is 2.41. The first-order valence-corrected chi connectivity index (χ1v) is 39.1. The molecule has 4 heterocycles. The van der Waals surface area contributed by atoms with Crippen LogP contribution in [0.15, 0.2) is 140 Å². The molecule has 3 aromatic carbocycles. The number of carbonyl (C=O) groups is 13. The minimum atomic E-state index is -1.84. The van der Waals surface area contributed by atoms with E-state index in [-0.39, 0.29) is 114 Å². The van der Waals surface area contributed by atoms with E-state index in [2.05, 4.69) is 78.8 Å². The van der Waals surface area contributed by atoms with Gasteiger partial charge in [-0.1, -0.05) is 100.0 Å². The van der Waals surface area contributed by atoms with Crippen LogP contribution in [0.5, 0.6) is 0 Å². The van der Waals surface area contributed by atoms with Gasteiger partial charge in [0.05, 0.1) is 17.7 Å². The first kappa shape index (κ1) is 89.9. The van der Waals surface area contributed by atoms with Crippen LogP contribution in [0.25, 0.3) is 10.8 Å². The highest BCUT2D eigenvalue weighted by Crippen LogP contribution is 2.23. The van der Waals surface area contributed by atoms with Crippen molar-refractivity contribution in [3.63, 3.8) is 0 Å².